The normalized spacial score (nSPS) is 12.2. The second kappa shape index (κ2) is 19.3. The van der Waals surface area contributed by atoms with Crippen LogP contribution in [0.2, 0.25) is 17.3 Å². The number of pyridine rings is 1. The Balaban J connectivity index is 0.000000250. The number of nitrogens with zero attached hydrogens (tertiary/aromatic N) is 3. The smallest absolute Gasteiger partial charge is 0.0774 e. The first-order chi connectivity index (χ1) is 28.5. The van der Waals surface area contributed by atoms with Gasteiger partial charge in [0.1, 0.15) is 0 Å². The van der Waals surface area contributed by atoms with Gasteiger partial charge in [-0.15, -0.1) is 11.5 Å². The molecule has 0 fully saturated rings. The van der Waals surface area contributed by atoms with Crippen LogP contribution in [0.1, 0.15) is 96.7 Å². The predicted molar refractivity (Wildman–Crippen MR) is 258 cm³/mol. The summed E-state index contributed by atoms with van der Waals surface area (Å²) in [5, 5.41) is 4.72. The first-order valence-electron chi connectivity index (χ1n) is 21.6. The van der Waals surface area contributed by atoms with E-state index < -0.39 is 19.2 Å². The molecule has 0 aliphatic rings. The molecule has 311 valence electrons. The van der Waals surface area contributed by atoms with E-state index in [0.717, 1.165) is 55.7 Å². The summed E-state index contributed by atoms with van der Waals surface area (Å²) >= 11 is -0.235. The standard InChI is InChI=1S/C36H35N2S.C18H24GeN.Ir/c1-22(2)26-16-17-34-30(18-26)31(21-39-34)36-37-32-14-10-11-15-33(32)38(36)35-28(23(3)4)19-27(20-29(35)24(5)6)25-12-8-7-9-13-25;1-14(2)11-16-12-18(15-9-7-6-8-10-15)20-13-17(16)19(3,4)5;/h7-20,22-24H,1-6H3;6-9,12-14H,11H2,1-5H3;/q2*-1;/i22D;;. The summed E-state index contributed by atoms with van der Waals surface area (Å²) < 4.78 is 13.7. The van der Waals surface area contributed by atoms with Gasteiger partial charge in [0, 0.05) is 27.2 Å². The van der Waals surface area contributed by atoms with Crippen LogP contribution in [-0.4, -0.2) is 27.8 Å². The minimum Gasteiger partial charge on any atom is -0.333 e. The van der Waals surface area contributed by atoms with Gasteiger partial charge in [-0.3, -0.25) is 16.3 Å². The average molecular weight is 1050 g/mol. The van der Waals surface area contributed by atoms with Gasteiger partial charge in [-0.1, -0.05) is 117 Å². The van der Waals surface area contributed by atoms with E-state index in [0.29, 0.717) is 17.8 Å². The number of para-hydroxylation sites is 2. The molecule has 3 aromatic heterocycles. The maximum Gasteiger partial charge on any atom is 0.0774 e. The molecule has 5 aromatic carbocycles. The third-order valence-electron chi connectivity index (χ3n) is 11.0. The topological polar surface area (TPSA) is 30.7 Å². The number of rotatable bonds is 10. The van der Waals surface area contributed by atoms with E-state index in [1.54, 1.807) is 15.7 Å². The summed E-state index contributed by atoms with van der Waals surface area (Å²) in [6.07, 6.45) is 3.27. The number of imidazole rings is 1. The van der Waals surface area contributed by atoms with E-state index >= 15 is 0 Å². The van der Waals surface area contributed by atoms with E-state index in [2.05, 4.69) is 178 Å². The number of fused-ring (bicyclic) bond motifs is 2. The zero-order valence-electron chi connectivity index (χ0n) is 38.1. The molecule has 0 saturated carbocycles. The van der Waals surface area contributed by atoms with Gasteiger partial charge in [0.2, 0.25) is 0 Å². The Hall–Kier alpha value is -4.13. The summed E-state index contributed by atoms with van der Waals surface area (Å²) in [6.45, 7) is 17.6. The second-order valence-corrected chi connectivity index (χ2v) is 29.5. The van der Waals surface area contributed by atoms with Crippen molar-refractivity contribution in [2.24, 2.45) is 5.92 Å². The van der Waals surface area contributed by atoms with Gasteiger partial charge in [-0.25, -0.2) is 0 Å². The van der Waals surface area contributed by atoms with Crippen LogP contribution in [0.3, 0.4) is 0 Å². The Morgan fingerprint density at radius 2 is 1.42 bits per heavy atom. The minimum atomic E-state index is -1.86. The zero-order valence-corrected chi connectivity index (χ0v) is 42.4. The average Bonchev–Trinajstić information content (AvgIpc) is 3.81. The minimum absolute atomic E-state index is 0. The van der Waals surface area contributed by atoms with Crippen molar-refractivity contribution in [1.29, 1.82) is 0 Å². The number of benzene rings is 5. The first kappa shape index (κ1) is 43.9. The van der Waals surface area contributed by atoms with Crippen LogP contribution in [0.15, 0.2) is 121 Å². The van der Waals surface area contributed by atoms with Crippen molar-refractivity contribution in [3.8, 4) is 39.5 Å². The van der Waals surface area contributed by atoms with E-state index in [4.69, 9.17) is 11.3 Å². The predicted octanol–water partition coefficient (Wildman–Crippen LogP) is 15.0. The molecule has 0 N–H and O–H groups in total. The molecular formula is C54H59GeIrN3S-2. The van der Waals surface area contributed by atoms with Gasteiger partial charge in [-0.05, 0) is 64.2 Å². The number of aromatic nitrogens is 3. The van der Waals surface area contributed by atoms with Crippen molar-refractivity contribution in [3.05, 3.63) is 155 Å². The van der Waals surface area contributed by atoms with Gasteiger partial charge in [0.25, 0.3) is 0 Å². The van der Waals surface area contributed by atoms with Crippen molar-refractivity contribution >= 4 is 50.1 Å². The van der Waals surface area contributed by atoms with E-state index in [-0.39, 0.29) is 20.1 Å². The summed E-state index contributed by atoms with van der Waals surface area (Å²) in [7, 11) is 0. The van der Waals surface area contributed by atoms with Crippen molar-refractivity contribution < 1.29 is 21.5 Å². The maximum absolute atomic E-state index is 8.65. The molecule has 0 bridgehead atoms. The fraction of sp³-hybridized carbons (Fsp3) is 0.296. The largest absolute Gasteiger partial charge is 0.333 e. The molecule has 0 amide bonds. The quantitative estimate of drug-likeness (QED) is 0.101. The zero-order chi connectivity index (χ0) is 42.9. The Labute approximate surface area is 380 Å². The van der Waals surface area contributed by atoms with Crippen LogP contribution in [0.25, 0.3) is 60.6 Å². The van der Waals surface area contributed by atoms with Crippen LogP contribution < -0.4 is 4.40 Å². The summed E-state index contributed by atoms with van der Waals surface area (Å²) in [6, 6.07) is 43.9. The van der Waals surface area contributed by atoms with Gasteiger partial charge in [-0.2, -0.15) is 0 Å². The molecule has 6 heteroatoms. The van der Waals surface area contributed by atoms with Crippen LogP contribution in [0.5, 0.6) is 0 Å². The third-order valence-corrected chi connectivity index (χ3v) is 16.2. The third kappa shape index (κ3) is 9.81. The molecule has 60 heavy (non-hydrogen) atoms. The van der Waals surface area contributed by atoms with Crippen LogP contribution in [-0.2, 0) is 26.5 Å². The summed E-state index contributed by atoms with van der Waals surface area (Å²) in [5.74, 6) is 8.83. The summed E-state index contributed by atoms with van der Waals surface area (Å²) in [4.78, 5) is 9.95. The van der Waals surface area contributed by atoms with Crippen molar-refractivity contribution in [3.63, 3.8) is 0 Å². The molecule has 0 unspecified atom stereocenters. The molecule has 0 aliphatic heterocycles. The van der Waals surface area contributed by atoms with Gasteiger partial charge in [0.05, 0.1) is 16.9 Å². The van der Waals surface area contributed by atoms with Gasteiger partial charge < -0.3 is 4.57 Å². The van der Waals surface area contributed by atoms with E-state index in [1.165, 1.54) is 33.5 Å². The first-order valence-corrected chi connectivity index (χ1v) is 29.3. The molecule has 3 heterocycles. The molecule has 1 radical (unpaired) electrons. The number of thiophene rings is 1. The fourth-order valence-corrected chi connectivity index (χ4v) is 12.1. The molecule has 0 atom stereocenters. The number of hydrogen-bond acceptors (Lipinski definition) is 3. The molecular weight excluding hydrogens is 988 g/mol. The van der Waals surface area contributed by atoms with Crippen LogP contribution >= 0.6 is 11.3 Å². The molecule has 8 aromatic rings. The van der Waals surface area contributed by atoms with Gasteiger partial charge in [0.15, 0.2) is 0 Å². The van der Waals surface area contributed by atoms with Crippen molar-refractivity contribution in [1.82, 2.24) is 14.5 Å². The Bertz CT molecular complexity index is 2710. The monoisotopic (exact) mass is 1050 g/mol. The molecule has 0 spiro atoms. The Kier molecular flexibility index (Phi) is 14.1. The SMILES string of the molecule is CC(C)Cc1cc(-c2[c-]cccc2)nc[c]1[Ge]([CH3])([CH3])[CH3].[2H]C(C)(C)c1ccc2s[c-]c(-c3nc4ccccc4n3-c3c(C(C)C)cc(-c4ccccc4)cc3C(C)C)c2c1.[Ir]. The summed E-state index contributed by atoms with van der Waals surface area (Å²) in [5.41, 5.74) is 14.0. The number of hydrogen-bond donors (Lipinski definition) is 0. The maximum atomic E-state index is 8.65. The fourth-order valence-electron chi connectivity index (χ4n) is 7.97. The van der Waals surface area contributed by atoms with E-state index in [1.807, 2.05) is 32.0 Å². The van der Waals surface area contributed by atoms with Crippen molar-refractivity contribution in [2.45, 2.75) is 96.8 Å². The Morgan fingerprint density at radius 1 is 0.750 bits per heavy atom. The van der Waals surface area contributed by atoms with Crippen LogP contribution in [0.4, 0.5) is 0 Å². The molecule has 0 aliphatic carbocycles. The molecule has 3 nitrogen and oxygen atoms in total. The molecule has 0 saturated heterocycles. The Morgan fingerprint density at radius 3 is 2.03 bits per heavy atom. The van der Waals surface area contributed by atoms with E-state index in [9.17, 15) is 0 Å². The van der Waals surface area contributed by atoms with Crippen LogP contribution in [0, 0.1) is 17.4 Å². The molecule has 8 rings (SSSR count). The van der Waals surface area contributed by atoms with Gasteiger partial charge >= 0.3 is 126 Å². The van der Waals surface area contributed by atoms with Crippen molar-refractivity contribution in [2.75, 3.05) is 0 Å². The second-order valence-electron chi connectivity index (χ2n) is 18.1.